The number of methoxy groups -OCH3 is 3. The smallest absolute Gasteiger partial charge is 0.203 e. The van der Waals surface area contributed by atoms with E-state index >= 15 is 0 Å². The molecule has 0 amide bonds. The number of ether oxygens (including phenoxy) is 3. The van der Waals surface area contributed by atoms with Crippen molar-refractivity contribution in [3.63, 3.8) is 0 Å². The fourth-order valence-corrected chi connectivity index (χ4v) is 3.00. The summed E-state index contributed by atoms with van der Waals surface area (Å²) in [6, 6.07) is 3.93. The number of aryl methyl sites for hydroxylation is 1. The molecule has 4 nitrogen and oxygen atoms in total. The lowest BCUT2D eigenvalue weighted by molar-refractivity contribution is 0.323. The first-order valence-electron chi connectivity index (χ1n) is 6.70. The third-order valence-corrected chi connectivity index (χ3v) is 4.24. The Balaban J connectivity index is 2.08. The Morgan fingerprint density at radius 3 is 2.10 bits per heavy atom. The Bertz CT molecular complexity index is 570. The summed E-state index contributed by atoms with van der Waals surface area (Å²) in [5.74, 6) is 1.98. The first kappa shape index (κ1) is 15.7. The molecule has 0 radical (unpaired) electrons. The monoisotopic (exact) mass is 307 g/mol. The lowest BCUT2D eigenvalue weighted by atomic mass is 10.1. The van der Waals surface area contributed by atoms with Crippen molar-refractivity contribution in [3.8, 4) is 17.2 Å². The Labute approximate surface area is 129 Å². The molecular weight excluding hydrogens is 286 g/mol. The van der Waals surface area contributed by atoms with Crippen LogP contribution in [-0.2, 0) is 13.1 Å². The van der Waals surface area contributed by atoms with Gasteiger partial charge in [0.15, 0.2) is 11.5 Å². The highest BCUT2D eigenvalue weighted by atomic mass is 32.1. The Morgan fingerprint density at radius 2 is 1.62 bits per heavy atom. The number of benzene rings is 1. The molecule has 0 unspecified atom stereocenters. The second kappa shape index (κ2) is 7.33. The standard InChI is InChI=1S/C16H21NO3S/c1-11-9-21-10-13(11)8-17-7-12-5-14(18-2)16(20-4)15(6-12)19-3/h5-6,9-10,17H,7-8H2,1-4H3. The third-order valence-electron chi connectivity index (χ3n) is 3.33. The molecule has 114 valence electrons. The maximum absolute atomic E-state index is 5.36. The minimum atomic E-state index is 0.623. The third kappa shape index (κ3) is 3.68. The van der Waals surface area contributed by atoms with Gasteiger partial charge in [0.25, 0.3) is 0 Å². The molecule has 1 aromatic heterocycles. The van der Waals surface area contributed by atoms with Gasteiger partial charge in [-0.3, -0.25) is 0 Å². The van der Waals surface area contributed by atoms with Crippen LogP contribution in [0.3, 0.4) is 0 Å². The van der Waals surface area contributed by atoms with Gasteiger partial charge in [-0.1, -0.05) is 0 Å². The van der Waals surface area contributed by atoms with E-state index in [1.807, 2.05) is 12.1 Å². The minimum absolute atomic E-state index is 0.623. The van der Waals surface area contributed by atoms with Crippen LogP contribution in [0.2, 0.25) is 0 Å². The molecule has 1 heterocycles. The molecule has 2 rings (SSSR count). The topological polar surface area (TPSA) is 39.7 Å². The van der Waals surface area contributed by atoms with Crippen molar-refractivity contribution in [1.82, 2.24) is 5.32 Å². The van der Waals surface area contributed by atoms with Gasteiger partial charge < -0.3 is 19.5 Å². The summed E-state index contributed by atoms with van der Waals surface area (Å²) in [4.78, 5) is 0. The molecule has 1 aromatic carbocycles. The van der Waals surface area contributed by atoms with E-state index in [9.17, 15) is 0 Å². The summed E-state index contributed by atoms with van der Waals surface area (Å²) in [5, 5.41) is 7.78. The molecule has 0 bridgehead atoms. The van der Waals surface area contributed by atoms with Crippen LogP contribution >= 0.6 is 11.3 Å². The molecule has 5 heteroatoms. The van der Waals surface area contributed by atoms with Crippen molar-refractivity contribution in [1.29, 1.82) is 0 Å². The van der Waals surface area contributed by atoms with E-state index in [1.165, 1.54) is 11.1 Å². The lowest BCUT2D eigenvalue weighted by Crippen LogP contribution is -2.13. The van der Waals surface area contributed by atoms with E-state index < -0.39 is 0 Å². The van der Waals surface area contributed by atoms with E-state index in [4.69, 9.17) is 14.2 Å². The van der Waals surface area contributed by atoms with Gasteiger partial charge in [-0.25, -0.2) is 0 Å². The minimum Gasteiger partial charge on any atom is -0.493 e. The molecule has 21 heavy (non-hydrogen) atoms. The normalized spacial score (nSPS) is 10.5. The average molecular weight is 307 g/mol. The van der Waals surface area contributed by atoms with E-state index in [2.05, 4.69) is 23.0 Å². The van der Waals surface area contributed by atoms with Crippen molar-refractivity contribution in [2.75, 3.05) is 21.3 Å². The predicted molar refractivity (Wildman–Crippen MR) is 85.7 cm³/mol. The number of hydrogen-bond acceptors (Lipinski definition) is 5. The van der Waals surface area contributed by atoms with E-state index in [-0.39, 0.29) is 0 Å². The average Bonchev–Trinajstić information content (AvgIpc) is 2.91. The quantitative estimate of drug-likeness (QED) is 0.851. The molecule has 0 aliphatic carbocycles. The number of nitrogens with one attached hydrogen (secondary N) is 1. The molecular formula is C16H21NO3S. The highest BCUT2D eigenvalue weighted by Crippen LogP contribution is 2.38. The predicted octanol–water partition coefficient (Wildman–Crippen LogP) is 3.37. The molecule has 0 spiro atoms. The Hall–Kier alpha value is -1.72. The molecule has 0 fully saturated rings. The van der Waals surface area contributed by atoms with Crippen LogP contribution < -0.4 is 19.5 Å². The summed E-state index contributed by atoms with van der Waals surface area (Å²) in [6.07, 6.45) is 0. The largest absolute Gasteiger partial charge is 0.493 e. The van der Waals surface area contributed by atoms with Crippen LogP contribution in [0.15, 0.2) is 22.9 Å². The van der Waals surface area contributed by atoms with Gasteiger partial charge >= 0.3 is 0 Å². The SMILES string of the molecule is COc1cc(CNCc2cscc2C)cc(OC)c1OC. The summed E-state index contributed by atoms with van der Waals surface area (Å²) in [7, 11) is 4.87. The molecule has 0 aliphatic heterocycles. The summed E-state index contributed by atoms with van der Waals surface area (Å²) in [6.45, 7) is 3.73. The molecule has 0 saturated carbocycles. The molecule has 2 aromatic rings. The van der Waals surface area contributed by atoms with Gasteiger partial charge in [0.2, 0.25) is 5.75 Å². The molecule has 0 saturated heterocycles. The van der Waals surface area contributed by atoms with Gasteiger partial charge in [0.05, 0.1) is 21.3 Å². The summed E-state index contributed by atoms with van der Waals surface area (Å²) >= 11 is 1.73. The van der Waals surface area contributed by atoms with Crippen LogP contribution in [0.5, 0.6) is 17.2 Å². The van der Waals surface area contributed by atoms with Gasteiger partial charge in [0, 0.05) is 13.1 Å². The zero-order chi connectivity index (χ0) is 15.2. The zero-order valence-corrected chi connectivity index (χ0v) is 13.7. The fourth-order valence-electron chi connectivity index (χ4n) is 2.15. The number of thiophene rings is 1. The van der Waals surface area contributed by atoms with Gasteiger partial charge in [-0.15, -0.1) is 0 Å². The maximum atomic E-state index is 5.36. The van der Waals surface area contributed by atoms with Crippen molar-refractivity contribution >= 4 is 11.3 Å². The van der Waals surface area contributed by atoms with E-state index in [0.717, 1.165) is 18.7 Å². The Morgan fingerprint density at radius 1 is 0.952 bits per heavy atom. The molecule has 1 N–H and O–H groups in total. The van der Waals surface area contributed by atoms with Crippen molar-refractivity contribution < 1.29 is 14.2 Å². The molecule has 0 aliphatic rings. The molecule has 0 atom stereocenters. The van der Waals surface area contributed by atoms with Gasteiger partial charge in [0.1, 0.15) is 0 Å². The van der Waals surface area contributed by atoms with Crippen molar-refractivity contribution in [3.05, 3.63) is 39.6 Å². The van der Waals surface area contributed by atoms with Crippen molar-refractivity contribution in [2.24, 2.45) is 0 Å². The first-order chi connectivity index (χ1) is 10.2. The van der Waals surface area contributed by atoms with Gasteiger partial charge in [-0.2, -0.15) is 11.3 Å². The maximum Gasteiger partial charge on any atom is 0.203 e. The van der Waals surface area contributed by atoms with Crippen LogP contribution in [0, 0.1) is 6.92 Å². The number of hydrogen-bond donors (Lipinski definition) is 1. The second-order valence-corrected chi connectivity index (χ2v) is 5.46. The fraction of sp³-hybridized carbons (Fsp3) is 0.375. The van der Waals surface area contributed by atoms with Crippen LogP contribution in [0.1, 0.15) is 16.7 Å². The lowest BCUT2D eigenvalue weighted by Gasteiger charge is -2.14. The van der Waals surface area contributed by atoms with Crippen molar-refractivity contribution in [2.45, 2.75) is 20.0 Å². The highest BCUT2D eigenvalue weighted by Gasteiger charge is 2.12. The van der Waals surface area contributed by atoms with Crippen LogP contribution in [0.25, 0.3) is 0 Å². The highest BCUT2D eigenvalue weighted by molar-refractivity contribution is 7.08. The van der Waals surface area contributed by atoms with Crippen LogP contribution in [-0.4, -0.2) is 21.3 Å². The van der Waals surface area contributed by atoms with Crippen LogP contribution in [0.4, 0.5) is 0 Å². The van der Waals surface area contributed by atoms with E-state index in [0.29, 0.717) is 17.2 Å². The zero-order valence-electron chi connectivity index (χ0n) is 12.9. The second-order valence-electron chi connectivity index (χ2n) is 4.72. The first-order valence-corrected chi connectivity index (χ1v) is 7.65. The summed E-state index contributed by atoms with van der Waals surface area (Å²) in [5.41, 5.74) is 3.77. The number of rotatable bonds is 7. The Kier molecular flexibility index (Phi) is 5.47. The van der Waals surface area contributed by atoms with E-state index in [1.54, 1.807) is 32.7 Å². The summed E-state index contributed by atoms with van der Waals surface area (Å²) < 4.78 is 16.0. The van der Waals surface area contributed by atoms with Gasteiger partial charge in [-0.05, 0) is 46.5 Å².